The summed E-state index contributed by atoms with van der Waals surface area (Å²) in [5.74, 6) is -0.799. The van der Waals surface area contributed by atoms with E-state index in [1.54, 1.807) is 20.0 Å². The molecular weight excluding hydrogens is 268 g/mol. The van der Waals surface area contributed by atoms with Crippen molar-refractivity contribution >= 4 is 11.8 Å². The van der Waals surface area contributed by atoms with Gasteiger partial charge in [-0.2, -0.15) is 15.0 Å². The maximum Gasteiger partial charge on any atom is 0.233 e. The molecule has 2 amide bonds. The van der Waals surface area contributed by atoms with Gasteiger partial charge in [0.25, 0.3) is 0 Å². The molecule has 21 heavy (non-hydrogen) atoms. The molecule has 2 heterocycles. The molecule has 1 saturated heterocycles. The smallest absolute Gasteiger partial charge is 0.233 e. The molecule has 0 unspecified atom stereocenters. The monoisotopic (exact) mass is 284 g/mol. The summed E-state index contributed by atoms with van der Waals surface area (Å²) in [5, 5.41) is 8.50. The van der Waals surface area contributed by atoms with E-state index in [9.17, 15) is 9.59 Å². The highest BCUT2D eigenvalue weighted by Crippen LogP contribution is 2.26. The topological polar surface area (TPSA) is 68.1 Å². The molecule has 1 aliphatic heterocycles. The van der Waals surface area contributed by atoms with E-state index < -0.39 is 0 Å². The van der Waals surface area contributed by atoms with E-state index in [4.69, 9.17) is 0 Å². The van der Waals surface area contributed by atoms with Crippen molar-refractivity contribution in [1.29, 1.82) is 0 Å². The van der Waals surface area contributed by atoms with Gasteiger partial charge in [0, 0.05) is 11.8 Å². The quantitative estimate of drug-likeness (QED) is 0.799. The van der Waals surface area contributed by atoms with Gasteiger partial charge in [0.15, 0.2) is 0 Å². The second kappa shape index (κ2) is 5.12. The fourth-order valence-electron chi connectivity index (χ4n) is 2.40. The van der Waals surface area contributed by atoms with Gasteiger partial charge >= 0.3 is 0 Å². The van der Waals surface area contributed by atoms with Crippen molar-refractivity contribution in [3.05, 3.63) is 42.2 Å². The summed E-state index contributed by atoms with van der Waals surface area (Å²) in [5.41, 5.74) is 1.44. The zero-order valence-corrected chi connectivity index (χ0v) is 11.9. The Morgan fingerprint density at radius 3 is 2.29 bits per heavy atom. The molecule has 0 spiro atoms. The highest BCUT2D eigenvalue weighted by molar-refractivity contribution is 6.04. The molecule has 1 aliphatic rings. The summed E-state index contributed by atoms with van der Waals surface area (Å²) in [4.78, 5) is 26.9. The molecule has 0 saturated carbocycles. The number of para-hydroxylation sites is 1. The first-order valence-electron chi connectivity index (χ1n) is 6.90. The average molecular weight is 284 g/mol. The lowest BCUT2D eigenvalue weighted by Crippen LogP contribution is -2.30. The minimum atomic E-state index is -0.262. The van der Waals surface area contributed by atoms with Crippen LogP contribution in [0.3, 0.4) is 0 Å². The van der Waals surface area contributed by atoms with E-state index in [0.717, 1.165) is 5.69 Å². The van der Waals surface area contributed by atoms with Crippen LogP contribution in [0.5, 0.6) is 0 Å². The second-order valence-corrected chi connectivity index (χ2v) is 5.30. The SMILES string of the molecule is C[C@@H]1C(=O)N(Cc2cnn(-c3ccccc3)n2)C(=O)[C@H]1C. The number of carbonyl (C=O) groups is 2. The third-order valence-electron chi connectivity index (χ3n) is 3.91. The van der Waals surface area contributed by atoms with Gasteiger partial charge in [0.05, 0.1) is 18.4 Å². The fraction of sp³-hybridized carbons (Fsp3) is 0.333. The Kier molecular flexibility index (Phi) is 3.29. The van der Waals surface area contributed by atoms with Crippen molar-refractivity contribution in [2.45, 2.75) is 20.4 Å². The van der Waals surface area contributed by atoms with Crippen LogP contribution in [0.2, 0.25) is 0 Å². The molecular formula is C15H16N4O2. The molecule has 0 N–H and O–H groups in total. The first kappa shape index (κ1) is 13.5. The maximum atomic E-state index is 12.1. The lowest BCUT2D eigenvalue weighted by atomic mass is 10.00. The van der Waals surface area contributed by atoms with Crippen LogP contribution in [-0.2, 0) is 16.1 Å². The third-order valence-corrected chi connectivity index (χ3v) is 3.91. The zero-order valence-electron chi connectivity index (χ0n) is 11.9. The number of aromatic nitrogens is 3. The van der Waals surface area contributed by atoms with E-state index in [-0.39, 0.29) is 30.2 Å². The Balaban J connectivity index is 1.79. The summed E-state index contributed by atoms with van der Waals surface area (Å²) >= 11 is 0. The van der Waals surface area contributed by atoms with Gasteiger partial charge in [0.1, 0.15) is 5.69 Å². The van der Waals surface area contributed by atoms with Crippen LogP contribution in [0.15, 0.2) is 36.5 Å². The van der Waals surface area contributed by atoms with Gasteiger partial charge < -0.3 is 0 Å². The van der Waals surface area contributed by atoms with E-state index in [2.05, 4.69) is 10.2 Å². The van der Waals surface area contributed by atoms with Crippen LogP contribution >= 0.6 is 0 Å². The molecule has 108 valence electrons. The summed E-state index contributed by atoms with van der Waals surface area (Å²) in [6.07, 6.45) is 1.58. The number of nitrogens with zero attached hydrogens (tertiary/aromatic N) is 4. The van der Waals surface area contributed by atoms with Crippen LogP contribution in [0.1, 0.15) is 19.5 Å². The molecule has 0 radical (unpaired) electrons. The Hall–Kier alpha value is -2.50. The molecule has 0 bridgehead atoms. The number of likely N-dealkylation sites (tertiary alicyclic amines) is 1. The van der Waals surface area contributed by atoms with Gasteiger partial charge in [-0.25, -0.2) is 0 Å². The highest BCUT2D eigenvalue weighted by Gasteiger charge is 2.42. The summed E-state index contributed by atoms with van der Waals surface area (Å²) < 4.78 is 0. The van der Waals surface area contributed by atoms with Crippen molar-refractivity contribution in [3.63, 3.8) is 0 Å². The number of hydrogen-bond acceptors (Lipinski definition) is 4. The number of benzene rings is 1. The lowest BCUT2D eigenvalue weighted by Gasteiger charge is -2.12. The third kappa shape index (κ3) is 2.33. The van der Waals surface area contributed by atoms with E-state index in [1.165, 1.54) is 9.70 Å². The maximum absolute atomic E-state index is 12.1. The molecule has 1 aromatic carbocycles. The van der Waals surface area contributed by atoms with Gasteiger partial charge in [-0.1, -0.05) is 32.0 Å². The Labute approximate surface area is 122 Å². The Bertz CT molecular complexity index is 660. The van der Waals surface area contributed by atoms with Crippen molar-refractivity contribution < 1.29 is 9.59 Å². The predicted octanol–water partition coefficient (Wildman–Crippen LogP) is 1.41. The second-order valence-electron chi connectivity index (χ2n) is 5.30. The zero-order chi connectivity index (χ0) is 15.0. The van der Waals surface area contributed by atoms with E-state index in [1.807, 2.05) is 30.3 Å². The number of imide groups is 1. The van der Waals surface area contributed by atoms with Crippen molar-refractivity contribution in [2.75, 3.05) is 0 Å². The number of rotatable bonds is 3. The molecule has 1 aromatic heterocycles. The van der Waals surface area contributed by atoms with Gasteiger partial charge in [-0.3, -0.25) is 14.5 Å². The molecule has 2 aromatic rings. The number of hydrogen-bond donors (Lipinski definition) is 0. The van der Waals surface area contributed by atoms with Crippen molar-refractivity contribution in [3.8, 4) is 5.69 Å². The average Bonchev–Trinajstić information content (AvgIpc) is 3.05. The summed E-state index contributed by atoms with van der Waals surface area (Å²) in [6, 6.07) is 9.49. The fourth-order valence-corrected chi connectivity index (χ4v) is 2.40. The van der Waals surface area contributed by atoms with Gasteiger partial charge in [-0.05, 0) is 12.1 Å². The highest BCUT2D eigenvalue weighted by atomic mass is 16.2. The minimum absolute atomic E-state index is 0.137. The van der Waals surface area contributed by atoms with E-state index in [0.29, 0.717) is 5.69 Å². The van der Waals surface area contributed by atoms with Gasteiger partial charge in [0.2, 0.25) is 11.8 Å². The van der Waals surface area contributed by atoms with Crippen LogP contribution in [0, 0.1) is 11.8 Å². The molecule has 2 atom stereocenters. The Morgan fingerprint density at radius 2 is 1.67 bits per heavy atom. The molecule has 3 rings (SSSR count). The molecule has 1 fully saturated rings. The largest absolute Gasteiger partial charge is 0.276 e. The minimum Gasteiger partial charge on any atom is -0.276 e. The predicted molar refractivity (Wildman–Crippen MR) is 75.2 cm³/mol. The first-order valence-corrected chi connectivity index (χ1v) is 6.90. The van der Waals surface area contributed by atoms with Gasteiger partial charge in [-0.15, -0.1) is 0 Å². The number of carbonyl (C=O) groups excluding carboxylic acids is 2. The standard InChI is InChI=1S/C15H16N4O2/c1-10-11(2)15(21)18(14(10)20)9-12-8-16-19(17-12)13-6-4-3-5-7-13/h3-8,10-11H,9H2,1-2H3/t10-,11-/m0/s1. The molecule has 6 nitrogen and oxygen atoms in total. The first-order chi connectivity index (χ1) is 10.1. The van der Waals surface area contributed by atoms with Crippen molar-refractivity contribution in [2.24, 2.45) is 11.8 Å². The van der Waals surface area contributed by atoms with E-state index >= 15 is 0 Å². The van der Waals surface area contributed by atoms with Crippen LogP contribution in [0.25, 0.3) is 5.69 Å². The molecule has 0 aliphatic carbocycles. The summed E-state index contributed by atoms with van der Waals surface area (Å²) in [6.45, 7) is 3.75. The number of amides is 2. The Morgan fingerprint density at radius 1 is 1.05 bits per heavy atom. The lowest BCUT2D eigenvalue weighted by molar-refractivity contribution is -0.140. The normalized spacial score (nSPS) is 22.1. The van der Waals surface area contributed by atoms with Crippen LogP contribution in [0.4, 0.5) is 0 Å². The molecule has 6 heteroatoms. The van der Waals surface area contributed by atoms with Crippen LogP contribution < -0.4 is 0 Å². The summed E-state index contributed by atoms with van der Waals surface area (Å²) in [7, 11) is 0. The van der Waals surface area contributed by atoms with Crippen LogP contribution in [-0.4, -0.2) is 31.7 Å². The van der Waals surface area contributed by atoms with Crippen molar-refractivity contribution in [1.82, 2.24) is 19.9 Å².